The van der Waals surface area contributed by atoms with E-state index in [-0.39, 0.29) is 12.2 Å². The Bertz CT molecular complexity index is 333. The highest BCUT2D eigenvalue weighted by molar-refractivity contribution is 7.51. The summed E-state index contributed by atoms with van der Waals surface area (Å²) in [5.74, 6) is 0. The van der Waals surface area contributed by atoms with E-state index in [1.165, 1.54) is 96.3 Å². The van der Waals surface area contributed by atoms with Crippen molar-refractivity contribution in [2.45, 2.75) is 129 Å². The second-order valence-electron chi connectivity index (χ2n) is 8.03. The summed E-state index contributed by atoms with van der Waals surface area (Å²) < 4.78 is 10.8. The van der Waals surface area contributed by atoms with Gasteiger partial charge in [-0.2, -0.15) is 0 Å². The van der Waals surface area contributed by atoms with E-state index in [2.05, 4.69) is 6.92 Å². The van der Waals surface area contributed by atoms with E-state index in [0.29, 0.717) is 6.42 Å². The molecule has 26 heavy (non-hydrogen) atoms. The third-order valence-corrected chi connectivity index (χ3v) is 6.06. The molecule has 0 heterocycles. The second kappa shape index (κ2) is 18.5. The SMILES string of the molecule is CCCCCCCCCCCCCCCCCCC(N)CCP(=O)(O)O. The minimum atomic E-state index is -3.88. The fraction of sp³-hybridized carbons (Fsp3) is 1.00. The van der Waals surface area contributed by atoms with Gasteiger partial charge in [0.2, 0.25) is 0 Å². The van der Waals surface area contributed by atoms with Crippen LogP contribution >= 0.6 is 7.60 Å². The van der Waals surface area contributed by atoms with Gasteiger partial charge in [-0.3, -0.25) is 4.57 Å². The fourth-order valence-corrected chi connectivity index (χ4v) is 4.10. The molecule has 158 valence electrons. The van der Waals surface area contributed by atoms with Gasteiger partial charge in [0.15, 0.2) is 0 Å². The Balaban J connectivity index is 3.14. The summed E-state index contributed by atoms with van der Waals surface area (Å²) in [6, 6.07) is -0.0609. The number of unbranched alkanes of at least 4 members (excludes halogenated alkanes) is 15. The molecule has 4 N–H and O–H groups in total. The van der Waals surface area contributed by atoms with Crippen LogP contribution in [0.3, 0.4) is 0 Å². The molecule has 0 radical (unpaired) electrons. The summed E-state index contributed by atoms with van der Waals surface area (Å²) in [5.41, 5.74) is 5.90. The highest BCUT2D eigenvalue weighted by Crippen LogP contribution is 2.35. The lowest BCUT2D eigenvalue weighted by atomic mass is 10.0. The van der Waals surface area contributed by atoms with Crippen LogP contribution in [0.25, 0.3) is 0 Å². The van der Waals surface area contributed by atoms with Crippen molar-refractivity contribution in [2.75, 3.05) is 6.16 Å². The van der Waals surface area contributed by atoms with E-state index in [9.17, 15) is 4.57 Å². The zero-order valence-corrected chi connectivity index (χ0v) is 18.2. The predicted octanol–water partition coefficient (Wildman–Crippen LogP) is 6.53. The van der Waals surface area contributed by atoms with Crippen LogP contribution in [0.15, 0.2) is 0 Å². The molecule has 1 atom stereocenters. The molecule has 0 aromatic carbocycles. The fourth-order valence-electron chi connectivity index (χ4n) is 3.43. The van der Waals surface area contributed by atoms with Gasteiger partial charge in [-0.15, -0.1) is 0 Å². The molecule has 0 saturated heterocycles. The first kappa shape index (κ1) is 26.1. The van der Waals surface area contributed by atoms with Gasteiger partial charge in [-0.25, -0.2) is 0 Å². The van der Waals surface area contributed by atoms with Gasteiger partial charge < -0.3 is 15.5 Å². The summed E-state index contributed by atoms with van der Waals surface area (Å²) in [5, 5.41) is 0. The Kier molecular flexibility index (Phi) is 18.6. The van der Waals surface area contributed by atoms with Gasteiger partial charge in [0.1, 0.15) is 0 Å². The van der Waals surface area contributed by atoms with Gasteiger partial charge in [-0.1, -0.05) is 110 Å². The maximum atomic E-state index is 10.8. The molecule has 5 heteroatoms. The quantitative estimate of drug-likeness (QED) is 0.163. The van der Waals surface area contributed by atoms with Gasteiger partial charge in [0.05, 0.1) is 6.16 Å². The van der Waals surface area contributed by atoms with Crippen molar-refractivity contribution in [1.82, 2.24) is 0 Å². The number of nitrogens with two attached hydrogens (primary N) is 1. The molecule has 0 fully saturated rings. The van der Waals surface area contributed by atoms with E-state index in [4.69, 9.17) is 15.5 Å². The van der Waals surface area contributed by atoms with Crippen LogP contribution in [0.2, 0.25) is 0 Å². The Morgan fingerprint density at radius 2 is 1.00 bits per heavy atom. The average molecular weight is 392 g/mol. The highest BCUT2D eigenvalue weighted by Gasteiger charge is 2.14. The van der Waals surface area contributed by atoms with Crippen molar-refractivity contribution in [2.24, 2.45) is 5.73 Å². The summed E-state index contributed by atoms with van der Waals surface area (Å²) in [6.07, 6.45) is 22.9. The van der Waals surface area contributed by atoms with Crippen LogP contribution in [-0.2, 0) is 4.57 Å². The average Bonchev–Trinajstić information content (AvgIpc) is 2.59. The van der Waals surface area contributed by atoms with E-state index in [1.54, 1.807) is 0 Å². The van der Waals surface area contributed by atoms with E-state index < -0.39 is 7.60 Å². The van der Waals surface area contributed by atoms with Gasteiger partial charge in [0, 0.05) is 6.04 Å². The zero-order chi connectivity index (χ0) is 19.5. The van der Waals surface area contributed by atoms with Crippen molar-refractivity contribution >= 4 is 7.60 Å². The molecule has 1 unspecified atom stereocenters. The number of hydrogen-bond acceptors (Lipinski definition) is 2. The van der Waals surface area contributed by atoms with Gasteiger partial charge >= 0.3 is 7.60 Å². The van der Waals surface area contributed by atoms with Crippen LogP contribution in [-0.4, -0.2) is 22.0 Å². The Labute approximate surface area is 162 Å². The van der Waals surface area contributed by atoms with E-state index in [1.807, 2.05) is 0 Å². The molecule has 0 aromatic rings. The maximum Gasteiger partial charge on any atom is 0.325 e. The molecule has 0 rings (SSSR count). The normalized spacial score (nSPS) is 13.2. The summed E-state index contributed by atoms with van der Waals surface area (Å²) >= 11 is 0. The van der Waals surface area contributed by atoms with Crippen LogP contribution in [0.1, 0.15) is 122 Å². The standard InChI is InChI=1S/C21H46NO3P/c1-2-3-4-5-6-7-8-9-10-11-12-13-14-15-16-17-18-21(22)19-20-26(23,24)25/h21H,2-20,22H2,1H3,(H2,23,24,25). The molecule has 0 saturated carbocycles. The molecule has 0 aliphatic carbocycles. The Hall–Kier alpha value is 0.110. The lowest BCUT2D eigenvalue weighted by molar-refractivity contribution is 0.368. The van der Waals surface area contributed by atoms with Crippen molar-refractivity contribution in [3.63, 3.8) is 0 Å². The summed E-state index contributed by atoms with van der Waals surface area (Å²) in [7, 11) is -3.88. The molecule has 0 amide bonds. The molecule has 0 aliphatic rings. The van der Waals surface area contributed by atoms with Crippen LogP contribution < -0.4 is 5.73 Å². The van der Waals surface area contributed by atoms with Crippen molar-refractivity contribution in [3.8, 4) is 0 Å². The summed E-state index contributed by atoms with van der Waals surface area (Å²) in [6.45, 7) is 2.27. The third kappa shape index (κ3) is 22.2. The van der Waals surface area contributed by atoms with Crippen LogP contribution in [0, 0.1) is 0 Å². The molecular formula is C21H46NO3P. The lowest BCUT2D eigenvalue weighted by Gasteiger charge is -2.11. The Morgan fingerprint density at radius 3 is 1.35 bits per heavy atom. The topological polar surface area (TPSA) is 83.6 Å². The number of rotatable bonds is 20. The molecule has 0 aliphatic heterocycles. The molecule has 0 bridgehead atoms. The van der Waals surface area contributed by atoms with Gasteiger partial charge in [0.25, 0.3) is 0 Å². The molecule has 4 nitrogen and oxygen atoms in total. The number of hydrogen-bond donors (Lipinski definition) is 3. The van der Waals surface area contributed by atoms with E-state index in [0.717, 1.165) is 12.8 Å². The Morgan fingerprint density at radius 1 is 0.654 bits per heavy atom. The van der Waals surface area contributed by atoms with Crippen molar-refractivity contribution < 1.29 is 14.4 Å². The monoisotopic (exact) mass is 391 g/mol. The largest absolute Gasteiger partial charge is 0.328 e. The van der Waals surface area contributed by atoms with Gasteiger partial charge in [-0.05, 0) is 12.8 Å². The smallest absolute Gasteiger partial charge is 0.325 e. The lowest BCUT2D eigenvalue weighted by Crippen LogP contribution is -2.21. The van der Waals surface area contributed by atoms with Crippen LogP contribution in [0.5, 0.6) is 0 Å². The maximum absolute atomic E-state index is 10.8. The highest BCUT2D eigenvalue weighted by atomic mass is 31.2. The first-order chi connectivity index (χ1) is 12.5. The first-order valence-corrected chi connectivity index (χ1v) is 13.1. The molecule has 0 spiro atoms. The van der Waals surface area contributed by atoms with Crippen molar-refractivity contribution in [3.05, 3.63) is 0 Å². The first-order valence-electron chi connectivity index (χ1n) is 11.3. The summed E-state index contributed by atoms with van der Waals surface area (Å²) in [4.78, 5) is 17.7. The van der Waals surface area contributed by atoms with E-state index >= 15 is 0 Å². The van der Waals surface area contributed by atoms with Crippen molar-refractivity contribution in [1.29, 1.82) is 0 Å². The zero-order valence-electron chi connectivity index (χ0n) is 17.3. The predicted molar refractivity (Wildman–Crippen MR) is 114 cm³/mol. The minimum absolute atomic E-state index is 0.0609. The second-order valence-corrected chi connectivity index (χ2v) is 9.81. The van der Waals surface area contributed by atoms with Crippen LogP contribution in [0.4, 0.5) is 0 Å². The minimum Gasteiger partial charge on any atom is -0.328 e. The molecule has 0 aromatic heterocycles. The molecular weight excluding hydrogens is 345 g/mol. The third-order valence-electron chi connectivity index (χ3n) is 5.22.